The van der Waals surface area contributed by atoms with Gasteiger partial charge in [0, 0.05) is 28.3 Å². The third-order valence-electron chi connectivity index (χ3n) is 5.94. The third kappa shape index (κ3) is 2.75. The van der Waals surface area contributed by atoms with Crippen LogP contribution >= 0.6 is 11.6 Å². The summed E-state index contributed by atoms with van der Waals surface area (Å²) in [6.45, 7) is 4.37. The maximum Gasteiger partial charge on any atom is 0.164 e. The van der Waals surface area contributed by atoms with Gasteiger partial charge in [-0.25, -0.2) is 0 Å². The van der Waals surface area contributed by atoms with Crippen molar-refractivity contribution in [2.45, 2.75) is 32.7 Å². The lowest BCUT2D eigenvalue weighted by Gasteiger charge is -2.40. The highest BCUT2D eigenvalue weighted by Crippen LogP contribution is 2.51. The number of rotatable bonds is 1. The Labute approximate surface area is 170 Å². The predicted octanol–water partition coefficient (Wildman–Crippen LogP) is 6.80. The average molecular weight is 388 g/mol. The minimum absolute atomic E-state index is 0.00976. The summed E-state index contributed by atoms with van der Waals surface area (Å²) < 4.78 is 0. The van der Waals surface area contributed by atoms with Crippen LogP contribution in [0.5, 0.6) is 0 Å². The smallest absolute Gasteiger partial charge is 0.164 e. The first kappa shape index (κ1) is 17.5. The monoisotopic (exact) mass is 387 g/mol. The molecular formula is C25H22ClNO. The molecule has 2 aliphatic rings. The van der Waals surface area contributed by atoms with Crippen LogP contribution in [-0.2, 0) is 4.79 Å². The molecular weight excluding hydrogens is 366 g/mol. The van der Waals surface area contributed by atoms with Gasteiger partial charge in [0.2, 0.25) is 0 Å². The fourth-order valence-electron chi connectivity index (χ4n) is 4.76. The normalized spacial score (nSPS) is 20.5. The standard InChI is InChI=1S/C25H22ClNO/c1-25(2)13-19-23(21(28)14-25)22-18-6-4-3-5-15(18)9-12-20(22)27-24(19)16-7-10-17(26)11-8-16/h3-12,24,27H,13-14H2,1-2H3/t24-/m0/s1. The number of Topliss-reactive ketones (excluding diaryl/α,β-unsaturated/α-hetero) is 1. The first-order valence-electron chi connectivity index (χ1n) is 9.73. The van der Waals surface area contributed by atoms with Crippen molar-refractivity contribution in [2.24, 2.45) is 5.41 Å². The van der Waals surface area contributed by atoms with Crippen LogP contribution in [0.1, 0.15) is 43.9 Å². The van der Waals surface area contributed by atoms with Gasteiger partial charge in [0.05, 0.1) is 6.04 Å². The van der Waals surface area contributed by atoms with Gasteiger partial charge in [0.15, 0.2) is 5.78 Å². The van der Waals surface area contributed by atoms with Crippen molar-refractivity contribution in [3.05, 3.63) is 82.4 Å². The topological polar surface area (TPSA) is 29.1 Å². The molecule has 3 heteroatoms. The number of carbonyl (C=O) groups is 1. The highest BCUT2D eigenvalue weighted by atomic mass is 35.5. The minimum atomic E-state index is -0.0373. The molecule has 1 atom stereocenters. The molecule has 0 spiro atoms. The number of ketones is 1. The third-order valence-corrected chi connectivity index (χ3v) is 6.19. The van der Waals surface area contributed by atoms with Crippen molar-refractivity contribution >= 4 is 39.4 Å². The molecule has 28 heavy (non-hydrogen) atoms. The van der Waals surface area contributed by atoms with E-state index in [2.05, 4.69) is 55.6 Å². The zero-order valence-corrected chi connectivity index (χ0v) is 16.8. The molecule has 0 aromatic heterocycles. The Morgan fingerprint density at radius 1 is 0.964 bits per heavy atom. The van der Waals surface area contributed by atoms with E-state index in [1.165, 1.54) is 5.57 Å². The Bertz CT molecular complexity index is 1140. The number of halogens is 1. The second-order valence-corrected chi connectivity index (χ2v) is 9.12. The second-order valence-electron chi connectivity index (χ2n) is 8.68. The van der Waals surface area contributed by atoms with E-state index in [-0.39, 0.29) is 17.2 Å². The summed E-state index contributed by atoms with van der Waals surface area (Å²) in [5.41, 5.74) is 5.33. The average Bonchev–Trinajstić information content (AvgIpc) is 2.66. The van der Waals surface area contributed by atoms with Crippen molar-refractivity contribution < 1.29 is 4.79 Å². The lowest BCUT2D eigenvalue weighted by molar-refractivity contribution is -0.116. The molecule has 0 amide bonds. The van der Waals surface area contributed by atoms with E-state index >= 15 is 0 Å². The Hall–Kier alpha value is -2.58. The zero-order valence-electron chi connectivity index (χ0n) is 16.1. The highest BCUT2D eigenvalue weighted by Gasteiger charge is 2.40. The molecule has 1 N–H and O–H groups in total. The van der Waals surface area contributed by atoms with Gasteiger partial charge in [-0.05, 0) is 51.9 Å². The fraction of sp³-hybridized carbons (Fsp3) is 0.240. The van der Waals surface area contributed by atoms with Gasteiger partial charge < -0.3 is 5.32 Å². The van der Waals surface area contributed by atoms with Gasteiger partial charge in [-0.2, -0.15) is 0 Å². The summed E-state index contributed by atoms with van der Waals surface area (Å²) >= 11 is 6.12. The van der Waals surface area contributed by atoms with Gasteiger partial charge in [-0.3, -0.25) is 4.79 Å². The molecule has 1 aliphatic carbocycles. The lowest BCUT2D eigenvalue weighted by Crippen LogP contribution is -2.32. The summed E-state index contributed by atoms with van der Waals surface area (Å²) in [7, 11) is 0. The second kappa shape index (κ2) is 6.22. The lowest BCUT2D eigenvalue weighted by atomic mass is 9.68. The van der Waals surface area contributed by atoms with E-state index in [0.29, 0.717) is 6.42 Å². The van der Waals surface area contributed by atoms with Gasteiger partial charge in [-0.15, -0.1) is 0 Å². The van der Waals surface area contributed by atoms with E-state index in [1.54, 1.807) is 0 Å². The Morgan fingerprint density at radius 2 is 1.71 bits per heavy atom. The zero-order chi connectivity index (χ0) is 19.5. The molecule has 0 fully saturated rings. The largest absolute Gasteiger partial charge is 0.374 e. The maximum atomic E-state index is 13.4. The van der Waals surface area contributed by atoms with Crippen LogP contribution in [0.4, 0.5) is 5.69 Å². The molecule has 2 nitrogen and oxygen atoms in total. The molecule has 3 aromatic rings. The quantitative estimate of drug-likeness (QED) is 0.497. The van der Waals surface area contributed by atoms with Crippen LogP contribution < -0.4 is 5.32 Å². The Balaban J connectivity index is 1.79. The minimum Gasteiger partial charge on any atom is -0.374 e. The van der Waals surface area contributed by atoms with E-state index in [0.717, 1.165) is 44.6 Å². The van der Waals surface area contributed by atoms with Crippen LogP contribution in [0.15, 0.2) is 66.2 Å². The van der Waals surface area contributed by atoms with Crippen LogP contribution in [0.25, 0.3) is 16.3 Å². The van der Waals surface area contributed by atoms with Crippen LogP contribution in [0.2, 0.25) is 5.02 Å². The predicted molar refractivity (Wildman–Crippen MR) is 117 cm³/mol. The first-order chi connectivity index (χ1) is 13.4. The molecule has 0 saturated heterocycles. The highest BCUT2D eigenvalue weighted by molar-refractivity contribution is 6.30. The summed E-state index contributed by atoms with van der Waals surface area (Å²) in [4.78, 5) is 13.4. The number of benzene rings is 3. The van der Waals surface area contributed by atoms with Crippen molar-refractivity contribution in [3.63, 3.8) is 0 Å². The van der Waals surface area contributed by atoms with Gasteiger partial charge in [0.25, 0.3) is 0 Å². The Kier molecular flexibility index (Phi) is 3.89. The molecule has 5 rings (SSSR count). The van der Waals surface area contributed by atoms with Crippen molar-refractivity contribution in [1.29, 1.82) is 0 Å². The molecule has 3 aromatic carbocycles. The van der Waals surface area contributed by atoms with E-state index < -0.39 is 0 Å². The van der Waals surface area contributed by atoms with E-state index in [9.17, 15) is 4.79 Å². The summed E-state index contributed by atoms with van der Waals surface area (Å²) in [5, 5.41) is 6.76. The molecule has 0 unspecified atom stereocenters. The van der Waals surface area contributed by atoms with Gasteiger partial charge >= 0.3 is 0 Å². The number of carbonyl (C=O) groups excluding carboxylic acids is 1. The summed E-state index contributed by atoms with van der Waals surface area (Å²) in [5.74, 6) is 0.254. The fourth-order valence-corrected chi connectivity index (χ4v) is 4.88. The Morgan fingerprint density at radius 3 is 2.50 bits per heavy atom. The maximum absolute atomic E-state index is 13.4. The van der Waals surface area contributed by atoms with Gasteiger partial charge in [-0.1, -0.05) is 67.9 Å². The van der Waals surface area contributed by atoms with Gasteiger partial charge in [0.1, 0.15) is 0 Å². The number of fused-ring (bicyclic) bond motifs is 4. The van der Waals surface area contributed by atoms with Crippen molar-refractivity contribution in [1.82, 2.24) is 0 Å². The summed E-state index contributed by atoms with van der Waals surface area (Å²) in [6.07, 6.45) is 1.48. The SMILES string of the molecule is CC1(C)CC(=O)C2=C(C1)[C@H](c1ccc(Cl)cc1)Nc1ccc3ccccc3c12. The number of anilines is 1. The number of allylic oxidation sites excluding steroid dienone is 1. The molecule has 1 heterocycles. The number of hydrogen-bond donors (Lipinski definition) is 1. The molecule has 0 saturated carbocycles. The number of nitrogens with one attached hydrogen (secondary N) is 1. The molecule has 0 radical (unpaired) electrons. The summed E-state index contributed by atoms with van der Waals surface area (Å²) in [6, 6.07) is 20.5. The van der Waals surface area contributed by atoms with Crippen LogP contribution in [0, 0.1) is 5.41 Å². The van der Waals surface area contributed by atoms with Crippen LogP contribution in [-0.4, -0.2) is 5.78 Å². The number of hydrogen-bond acceptors (Lipinski definition) is 2. The van der Waals surface area contributed by atoms with E-state index in [4.69, 9.17) is 11.6 Å². The van der Waals surface area contributed by atoms with Crippen molar-refractivity contribution in [2.75, 3.05) is 5.32 Å². The van der Waals surface area contributed by atoms with Crippen molar-refractivity contribution in [3.8, 4) is 0 Å². The molecule has 1 aliphatic heterocycles. The molecule has 140 valence electrons. The first-order valence-corrected chi connectivity index (χ1v) is 10.1. The van der Waals surface area contributed by atoms with Crippen LogP contribution in [0.3, 0.4) is 0 Å². The van der Waals surface area contributed by atoms with E-state index in [1.807, 2.05) is 24.3 Å². The molecule has 0 bridgehead atoms.